The second-order valence-corrected chi connectivity index (χ2v) is 4.85. The van der Waals surface area contributed by atoms with Gasteiger partial charge in [0.05, 0.1) is 11.9 Å². The van der Waals surface area contributed by atoms with Gasteiger partial charge in [0.15, 0.2) is 0 Å². The van der Waals surface area contributed by atoms with E-state index in [9.17, 15) is 4.79 Å². The van der Waals surface area contributed by atoms with Gasteiger partial charge in [0.25, 0.3) is 5.56 Å². The van der Waals surface area contributed by atoms with Crippen molar-refractivity contribution in [3.05, 3.63) is 21.0 Å². The van der Waals surface area contributed by atoms with E-state index in [1.54, 1.807) is 6.20 Å². The molecule has 0 atom stereocenters. The molecular formula is C12H20BrN3O. The van der Waals surface area contributed by atoms with E-state index in [1.165, 1.54) is 4.68 Å². The summed E-state index contributed by atoms with van der Waals surface area (Å²) in [5.41, 5.74) is 0.702. The van der Waals surface area contributed by atoms with Gasteiger partial charge >= 0.3 is 0 Å². The molecule has 1 heterocycles. The Kier molecular flexibility index (Phi) is 5.68. The Morgan fingerprint density at radius 2 is 2.06 bits per heavy atom. The second kappa shape index (κ2) is 6.79. The van der Waals surface area contributed by atoms with Gasteiger partial charge in [-0.3, -0.25) is 4.79 Å². The van der Waals surface area contributed by atoms with Crippen molar-refractivity contribution in [3.63, 3.8) is 0 Å². The zero-order valence-electron chi connectivity index (χ0n) is 10.7. The van der Waals surface area contributed by atoms with Crippen LogP contribution in [0.25, 0.3) is 0 Å². The highest BCUT2D eigenvalue weighted by Gasteiger charge is 2.09. The van der Waals surface area contributed by atoms with Crippen molar-refractivity contribution < 1.29 is 0 Å². The minimum absolute atomic E-state index is 0.0814. The second-order valence-electron chi connectivity index (χ2n) is 4.06. The molecule has 1 rings (SSSR count). The Morgan fingerprint density at radius 3 is 2.59 bits per heavy atom. The number of nitrogens with zero attached hydrogens (tertiary/aromatic N) is 2. The maximum Gasteiger partial charge on any atom is 0.283 e. The SMILES string of the molecule is CCC(CC)CNc1cnn(CC)c(=O)c1Br. The molecule has 0 spiro atoms. The van der Waals surface area contributed by atoms with Gasteiger partial charge in [0.2, 0.25) is 0 Å². The van der Waals surface area contributed by atoms with E-state index >= 15 is 0 Å². The summed E-state index contributed by atoms with van der Waals surface area (Å²) in [6.45, 7) is 7.72. The lowest BCUT2D eigenvalue weighted by molar-refractivity contribution is 0.518. The lowest BCUT2D eigenvalue weighted by atomic mass is 10.0. The van der Waals surface area contributed by atoms with Crippen LogP contribution in [0.1, 0.15) is 33.6 Å². The fourth-order valence-electron chi connectivity index (χ4n) is 1.65. The highest BCUT2D eigenvalue weighted by atomic mass is 79.9. The minimum Gasteiger partial charge on any atom is -0.382 e. The topological polar surface area (TPSA) is 46.9 Å². The molecule has 0 aromatic carbocycles. The van der Waals surface area contributed by atoms with Crippen molar-refractivity contribution >= 4 is 21.6 Å². The van der Waals surface area contributed by atoms with Crippen LogP contribution in [0.3, 0.4) is 0 Å². The van der Waals surface area contributed by atoms with Gasteiger partial charge in [-0.15, -0.1) is 0 Å². The summed E-state index contributed by atoms with van der Waals surface area (Å²) >= 11 is 3.33. The van der Waals surface area contributed by atoms with Crippen LogP contribution in [0.2, 0.25) is 0 Å². The van der Waals surface area contributed by atoms with Gasteiger partial charge in [-0.05, 0) is 28.8 Å². The van der Waals surface area contributed by atoms with Crippen LogP contribution in [0.5, 0.6) is 0 Å². The van der Waals surface area contributed by atoms with Crippen LogP contribution in [-0.2, 0) is 6.54 Å². The summed E-state index contributed by atoms with van der Waals surface area (Å²) < 4.78 is 2.01. The summed E-state index contributed by atoms with van der Waals surface area (Å²) in [6.07, 6.45) is 3.98. The first-order valence-electron chi connectivity index (χ1n) is 6.13. The van der Waals surface area contributed by atoms with Crippen molar-refractivity contribution in [2.45, 2.75) is 40.2 Å². The predicted octanol–water partition coefficient (Wildman–Crippen LogP) is 2.87. The Hall–Kier alpha value is -0.840. The summed E-state index contributed by atoms with van der Waals surface area (Å²) in [5.74, 6) is 0.635. The molecule has 0 amide bonds. The maximum atomic E-state index is 11.8. The van der Waals surface area contributed by atoms with Gasteiger partial charge in [-0.2, -0.15) is 5.10 Å². The van der Waals surface area contributed by atoms with E-state index < -0.39 is 0 Å². The van der Waals surface area contributed by atoms with E-state index in [-0.39, 0.29) is 5.56 Å². The smallest absolute Gasteiger partial charge is 0.283 e. The third-order valence-corrected chi connectivity index (χ3v) is 3.79. The molecule has 0 saturated heterocycles. The zero-order valence-corrected chi connectivity index (χ0v) is 12.2. The number of nitrogens with one attached hydrogen (secondary N) is 1. The molecule has 0 aliphatic rings. The van der Waals surface area contributed by atoms with Crippen LogP contribution in [-0.4, -0.2) is 16.3 Å². The molecule has 0 aliphatic heterocycles. The molecule has 0 radical (unpaired) electrons. The van der Waals surface area contributed by atoms with Crippen molar-refractivity contribution in [1.29, 1.82) is 0 Å². The van der Waals surface area contributed by atoms with Crippen LogP contribution in [0, 0.1) is 5.92 Å². The van der Waals surface area contributed by atoms with Crippen LogP contribution >= 0.6 is 15.9 Å². The molecule has 96 valence electrons. The van der Waals surface area contributed by atoms with E-state index in [1.807, 2.05) is 6.92 Å². The Labute approximate surface area is 111 Å². The van der Waals surface area contributed by atoms with Crippen LogP contribution in [0.15, 0.2) is 15.5 Å². The fourth-order valence-corrected chi connectivity index (χ4v) is 2.09. The lowest BCUT2D eigenvalue weighted by Gasteiger charge is -2.15. The van der Waals surface area contributed by atoms with E-state index in [0.717, 1.165) is 25.1 Å². The number of hydrogen-bond acceptors (Lipinski definition) is 3. The number of anilines is 1. The van der Waals surface area contributed by atoms with Crippen molar-refractivity contribution in [2.24, 2.45) is 5.92 Å². The predicted molar refractivity (Wildman–Crippen MR) is 74.4 cm³/mol. The Morgan fingerprint density at radius 1 is 1.41 bits per heavy atom. The minimum atomic E-state index is -0.0814. The van der Waals surface area contributed by atoms with Crippen LogP contribution < -0.4 is 10.9 Å². The van der Waals surface area contributed by atoms with Gasteiger partial charge in [-0.25, -0.2) is 4.68 Å². The third-order valence-electron chi connectivity index (χ3n) is 3.02. The molecule has 17 heavy (non-hydrogen) atoms. The van der Waals surface area contributed by atoms with E-state index in [2.05, 4.69) is 40.2 Å². The molecule has 5 heteroatoms. The van der Waals surface area contributed by atoms with Crippen molar-refractivity contribution in [2.75, 3.05) is 11.9 Å². The summed E-state index contributed by atoms with van der Waals surface area (Å²) in [6, 6.07) is 0. The summed E-state index contributed by atoms with van der Waals surface area (Å²) in [7, 11) is 0. The zero-order chi connectivity index (χ0) is 12.8. The highest BCUT2D eigenvalue weighted by molar-refractivity contribution is 9.10. The van der Waals surface area contributed by atoms with E-state index in [0.29, 0.717) is 16.9 Å². The van der Waals surface area contributed by atoms with Gasteiger partial charge in [0, 0.05) is 13.1 Å². The normalized spacial score (nSPS) is 10.9. The average molecular weight is 302 g/mol. The van der Waals surface area contributed by atoms with Gasteiger partial charge in [0.1, 0.15) is 4.47 Å². The first-order valence-corrected chi connectivity index (χ1v) is 6.92. The molecule has 1 N–H and O–H groups in total. The van der Waals surface area contributed by atoms with Crippen molar-refractivity contribution in [1.82, 2.24) is 9.78 Å². The fraction of sp³-hybridized carbons (Fsp3) is 0.667. The molecule has 4 nitrogen and oxygen atoms in total. The van der Waals surface area contributed by atoms with Crippen LogP contribution in [0.4, 0.5) is 5.69 Å². The summed E-state index contributed by atoms with van der Waals surface area (Å²) in [4.78, 5) is 11.8. The monoisotopic (exact) mass is 301 g/mol. The first-order chi connectivity index (χ1) is 8.13. The maximum absolute atomic E-state index is 11.8. The first kappa shape index (κ1) is 14.2. The van der Waals surface area contributed by atoms with E-state index in [4.69, 9.17) is 0 Å². The highest BCUT2D eigenvalue weighted by Crippen LogP contribution is 2.17. The number of aryl methyl sites for hydroxylation is 1. The molecule has 0 aliphatic carbocycles. The quantitative estimate of drug-likeness (QED) is 0.879. The Bertz CT molecular complexity index is 413. The molecule has 0 fully saturated rings. The molecular weight excluding hydrogens is 282 g/mol. The summed E-state index contributed by atoms with van der Waals surface area (Å²) in [5, 5.41) is 7.38. The third kappa shape index (κ3) is 3.56. The standard InChI is InChI=1S/C12H20BrN3O/c1-4-9(5-2)7-14-10-8-15-16(6-3)12(17)11(10)13/h8-9,14H,4-7H2,1-3H3. The van der Waals surface area contributed by atoms with Gasteiger partial charge < -0.3 is 5.32 Å². The lowest BCUT2D eigenvalue weighted by Crippen LogP contribution is -2.24. The number of aromatic nitrogens is 2. The molecule has 1 aromatic rings. The number of halogens is 1. The number of hydrogen-bond donors (Lipinski definition) is 1. The average Bonchev–Trinajstić information content (AvgIpc) is 2.35. The molecule has 0 unspecified atom stereocenters. The Balaban J connectivity index is 2.79. The van der Waals surface area contributed by atoms with Crippen molar-refractivity contribution in [3.8, 4) is 0 Å². The number of rotatable bonds is 6. The molecule has 0 bridgehead atoms. The molecule has 1 aromatic heterocycles. The van der Waals surface area contributed by atoms with Gasteiger partial charge in [-0.1, -0.05) is 26.7 Å². The largest absolute Gasteiger partial charge is 0.382 e. The molecule has 0 saturated carbocycles.